The second-order valence-corrected chi connectivity index (χ2v) is 7.29. The van der Waals surface area contributed by atoms with Gasteiger partial charge in [0.25, 0.3) is 17.5 Å². The quantitative estimate of drug-likeness (QED) is 0.361. The van der Waals surface area contributed by atoms with Crippen molar-refractivity contribution in [1.82, 2.24) is 10.6 Å². The van der Waals surface area contributed by atoms with Gasteiger partial charge in [0.1, 0.15) is 0 Å². The van der Waals surface area contributed by atoms with Gasteiger partial charge in [0.05, 0.1) is 11.5 Å². The number of anilines is 1. The molecule has 3 rings (SSSR count). The highest BCUT2D eigenvalue weighted by atomic mass is 16.6. The zero-order valence-electron chi connectivity index (χ0n) is 17.8. The van der Waals surface area contributed by atoms with Crippen molar-refractivity contribution in [2.24, 2.45) is 0 Å². The third-order valence-electron chi connectivity index (χ3n) is 4.72. The molecule has 3 N–H and O–H groups in total. The van der Waals surface area contributed by atoms with Crippen molar-refractivity contribution >= 4 is 29.1 Å². The third-order valence-corrected chi connectivity index (χ3v) is 4.72. The molecule has 9 nitrogen and oxygen atoms in total. The van der Waals surface area contributed by atoms with E-state index in [4.69, 9.17) is 0 Å². The number of non-ortho nitro benzene ring substituents is 1. The Bertz CT molecular complexity index is 1190. The lowest BCUT2D eigenvalue weighted by molar-refractivity contribution is -0.384. The fraction of sp³-hybridized carbons (Fsp3) is 0.125. The summed E-state index contributed by atoms with van der Waals surface area (Å²) in [4.78, 5) is 46.8. The van der Waals surface area contributed by atoms with Crippen molar-refractivity contribution in [3.63, 3.8) is 0 Å². The number of benzene rings is 3. The summed E-state index contributed by atoms with van der Waals surface area (Å²) in [5.74, 6) is -1.25. The Labute approximate surface area is 190 Å². The van der Waals surface area contributed by atoms with Crippen molar-refractivity contribution < 1.29 is 19.3 Å². The first-order chi connectivity index (χ1) is 15.8. The van der Waals surface area contributed by atoms with E-state index in [1.54, 1.807) is 36.4 Å². The first-order valence-corrected chi connectivity index (χ1v) is 10.1. The molecule has 33 heavy (non-hydrogen) atoms. The van der Waals surface area contributed by atoms with Crippen LogP contribution in [0.15, 0.2) is 72.8 Å². The van der Waals surface area contributed by atoms with Gasteiger partial charge < -0.3 is 16.0 Å². The molecule has 0 heterocycles. The molecular formula is C24H22N4O5. The van der Waals surface area contributed by atoms with Crippen LogP contribution in [0.1, 0.15) is 31.8 Å². The summed E-state index contributed by atoms with van der Waals surface area (Å²) < 4.78 is 0. The van der Waals surface area contributed by atoms with E-state index < -0.39 is 16.7 Å². The summed E-state index contributed by atoms with van der Waals surface area (Å²) in [7, 11) is 0. The van der Waals surface area contributed by atoms with Crippen molar-refractivity contribution in [2.45, 2.75) is 13.5 Å². The molecular weight excluding hydrogens is 424 g/mol. The SMILES string of the molecule is Cc1ccc(C(=O)Nc2cccc(CNC(=O)CNC(=O)c3cccc([N+](=O)[O-])c3)c2)cc1. The van der Waals surface area contributed by atoms with Crippen LogP contribution < -0.4 is 16.0 Å². The second-order valence-electron chi connectivity index (χ2n) is 7.29. The van der Waals surface area contributed by atoms with Crippen LogP contribution in [0.25, 0.3) is 0 Å². The Morgan fingerprint density at radius 3 is 2.30 bits per heavy atom. The van der Waals surface area contributed by atoms with Crippen LogP contribution in [0.4, 0.5) is 11.4 Å². The monoisotopic (exact) mass is 446 g/mol. The molecule has 0 atom stereocenters. The van der Waals surface area contributed by atoms with Crippen LogP contribution in [0, 0.1) is 17.0 Å². The maximum absolute atomic E-state index is 12.4. The summed E-state index contributed by atoms with van der Waals surface area (Å²) in [6.45, 7) is 1.85. The molecule has 0 unspecified atom stereocenters. The molecule has 0 saturated carbocycles. The van der Waals surface area contributed by atoms with E-state index in [-0.39, 0.29) is 30.2 Å². The molecule has 3 amide bonds. The number of nitrogens with zero attached hydrogens (tertiary/aromatic N) is 1. The number of nitro groups is 1. The molecule has 168 valence electrons. The van der Waals surface area contributed by atoms with Crippen LogP contribution in [0.2, 0.25) is 0 Å². The summed E-state index contributed by atoms with van der Waals surface area (Å²) in [5.41, 5.74) is 2.83. The predicted octanol–water partition coefficient (Wildman–Crippen LogP) is 3.20. The van der Waals surface area contributed by atoms with Crippen molar-refractivity contribution in [3.05, 3.63) is 105 Å². The molecule has 0 spiro atoms. The Kier molecular flexibility index (Phi) is 7.48. The molecule has 0 aliphatic rings. The van der Waals surface area contributed by atoms with Gasteiger partial charge in [-0.1, -0.05) is 35.9 Å². The number of hydrogen-bond donors (Lipinski definition) is 3. The minimum Gasteiger partial charge on any atom is -0.350 e. The average Bonchev–Trinajstić information content (AvgIpc) is 2.82. The first-order valence-electron chi connectivity index (χ1n) is 10.1. The lowest BCUT2D eigenvalue weighted by atomic mass is 10.1. The molecule has 0 saturated heterocycles. The minimum absolute atomic E-state index is 0.0917. The Balaban J connectivity index is 1.49. The predicted molar refractivity (Wildman–Crippen MR) is 123 cm³/mol. The highest BCUT2D eigenvalue weighted by Crippen LogP contribution is 2.14. The summed E-state index contributed by atoms with van der Waals surface area (Å²) in [6, 6.07) is 19.5. The van der Waals surface area contributed by atoms with Gasteiger partial charge in [-0.15, -0.1) is 0 Å². The largest absolute Gasteiger partial charge is 0.350 e. The number of rotatable bonds is 8. The number of aryl methyl sites for hydroxylation is 1. The molecule has 0 aromatic heterocycles. The van der Waals surface area contributed by atoms with Crippen LogP contribution >= 0.6 is 0 Å². The standard InChI is InChI=1S/C24H22N4O5/c1-16-8-10-18(11-9-16)24(31)27-20-6-2-4-17(12-20)14-25-22(29)15-26-23(30)19-5-3-7-21(13-19)28(32)33/h2-13H,14-15H2,1H3,(H,25,29)(H,26,30)(H,27,31). The lowest BCUT2D eigenvalue weighted by Gasteiger charge is -2.10. The number of carbonyl (C=O) groups excluding carboxylic acids is 3. The van der Waals surface area contributed by atoms with E-state index in [0.717, 1.165) is 17.2 Å². The smallest absolute Gasteiger partial charge is 0.270 e. The summed E-state index contributed by atoms with van der Waals surface area (Å²) in [5, 5.41) is 18.7. The van der Waals surface area contributed by atoms with Gasteiger partial charge in [-0.2, -0.15) is 0 Å². The average molecular weight is 446 g/mol. The van der Waals surface area contributed by atoms with Crippen molar-refractivity contribution in [1.29, 1.82) is 0 Å². The van der Waals surface area contributed by atoms with Crippen LogP contribution in [0.3, 0.4) is 0 Å². The van der Waals surface area contributed by atoms with Gasteiger partial charge in [-0.05, 0) is 42.8 Å². The van der Waals surface area contributed by atoms with Gasteiger partial charge in [0, 0.05) is 35.5 Å². The Hall–Kier alpha value is -4.53. The van der Waals surface area contributed by atoms with Gasteiger partial charge in [-0.3, -0.25) is 24.5 Å². The molecule has 0 aliphatic heterocycles. The van der Waals surface area contributed by atoms with Crippen LogP contribution in [-0.4, -0.2) is 29.2 Å². The fourth-order valence-corrected chi connectivity index (χ4v) is 2.95. The second kappa shape index (κ2) is 10.7. The van der Waals surface area contributed by atoms with E-state index in [1.807, 2.05) is 19.1 Å². The molecule has 0 radical (unpaired) electrons. The zero-order chi connectivity index (χ0) is 23.8. The van der Waals surface area contributed by atoms with Gasteiger partial charge >= 0.3 is 0 Å². The highest BCUT2D eigenvalue weighted by molar-refractivity contribution is 6.04. The molecule has 9 heteroatoms. The topological polar surface area (TPSA) is 130 Å². The van der Waals surface area contributed by atoms with Gasteiger partial charge in [0.15, 0.2) is 0 Å². The normalized spacial score (nSPS) is 10.2. The van der Waals surface area contributed by atoms with E-state index in [9.17, 15) is 24.5 Å². The maximum atomic E-state index is 12.4. The number of nitrogens with one attached hydrogen (secondary N) is 3. The van der Waals surface area contributed by atoms with Gasteiger partial charge in [0.2, 0.25) is 5.91 Å². The fourth-order valence-electron chi connectivity index (χ4n) is 2.95. The minimum atomic E-state index is -0.596. The highest BCUT2D eigenvalue weighted by Gasteiger charge is 2.12. The summed E-state index contributed by atoms with van der Waals surface area (Å²) in [6.07, 6.45) is 0. The lowest BCUT2D eigenvalue weighted by Crippen LogP contribution is -2.36. The third kappa shape index (κ3) is 6.73. The molecule has 0 aliphatic carbocycles. The van der Waals surface area contributed by atoms with Crippen molar-refractivity contribution in [3.8, 4) is 0 Å². The number of nitro benzene ring substituents is 1. The molecule has 0 fully saturated rings. The Morgan fingerprint density at radius 2 is 1.58 bits per heavy atom. The van der Waals surface area contributed by atoms with E-state index in [1.165, 1.54) is 18.2 Å². The van der Waals surface area contributed by atoms with Crippen LogP contribution in [0.5, 0.6) is 0 Å². The van der Waals surface area contributed by atoms with Crippen LogP contribution in [-0.2, 0) is 11.3 Å². The number of hydrogen-bond acceptors (Lipinski definition) is 5. The summed E-state index contributed by atoms with van der Waals surface area (Å²) >= 11 is 0. The molecule has 0 bridgehead atoms. The van der Waals surface area contributed by atoms with Gasteiger partial charge in [-0.25, -0.2) is 0 Å². The number of amides is 3. The van der Waals surface area contributed by atoms with E-state index in [0.29, 0.717) is 11.3 Å². The van der Waals surface area contributed by atoms with Crippen molar-refractivity contribution in [2.75, 3.05) is 11.9 Å². The Morgan fingerprint density at radius 1 is 0.848 bits per heavy atom. The molecule has 3 aromatic rings. The zero-order valence-corrected chi connectivity index (χ0v) is 17.8. The van der Waals surface area contributed by atoms with E-state index >= 15 is 0 Å². The number of carbonyl (C=O) groups is 3. The maximum Gasteiger partial charge on any atom is 0.270 e. The van der Waals surface area contributed by atoms with E-state index in [2.05, 4.69) is 16.0 Å². The first kappa shape index (κ1) is 23.1. The molecule has 3 aromatic carbocycles.